The van der Waals surface area contributed by atoms with E-state index in [0.717, 1.165) is 25.0 Å². The summed E-state index contributed by atoms with van der Waals surface area (Å²) in [6, 6.07) is 5.67. The molecule has 0 radical (unpaired) electrons. The zero-order valence-electron chi connectivity index (χ0n) is 10.9. The Balaban J connectivity index is 1.77. The summed E-state index contributed by atoms with van der Waals surface area (Å²) in [5, 5.41) is 12.2. The van der Waals surface area contributed by atoms with Gasteiger partial charge in [-0.05, 0) is 25.0 Å². The Morgan fingerprint density at radius 3 is 3.15 bits per heavy atom. The molecule has 102 valence electrons. The van der Waals surface area contributed by atoms with Crippen LogP contribution in [0.3, 0.4) is 0 Å². The quantitative estimate of drug-likeness (QED) is 0.916. The van der Waals surface area contributed by atoms with Gasteiger partial charge in [0.1, 0.15) is 6.07 Å². The standard InChI is InChI=1S/C14H14N4O2/c15-7-12-14(17-9-11-4-2-6-19-11)20-13(18-12)10-3-1-5-16-8-10/h1,3,5,8,11,17H,2,4,6,9H2/t11-/m1/s1. The molecule has 0 amide bonds. The van der Waals surface area contributed by atoms with Crippen molar-refractivity contribution < 1.29 is 9.15 Å². The highest BCUT2D eigenvalue weighted by molar-refractivity contribution is 5.57. The predicted molar refractivity (Wildman–Crippen MR) is 71.9 cm³/mol. The number of anilines is 1. The van der Waals surface area contributed by atoms with Crippen LogP contribution in [-0.4, -0.2) is 29.2 Å². The number of hydrogen-bond acceptors (Lipinski definition) is 6. The maximum Gasteiger partial charge on any atom is 0.232 e. The lowest BCUT2D eigenvalue weighted by molar-refractivity contribution is 0.120. The Labute approximate surface area is 116 Å². The first-order valence-corrected chi connectivity index (χ1v) is 6.53. The monoisotopic (exact) mass is 270 g/mol. The first kappa shape index (κ1) is 12.6. The van der Waals surface area contributed by atoms with E-state index in [4.69, 9.17) is 14.4 Å². The largest absolute Gasteiger partial charge is 0.419 e. The average Bonchev–Trinajstić information content (AvgIpc) is 3.15. The van der Waals surface area contributed by atoms with Crippen molar-refractivity contribution >= 4 is 5.88 Å². The smallest absolute Gasteiger partial charge is 0.232 e. The van der Waals surface area contributed by atoms with Gasteiger partial charge in [-0.3, -0.25) is 4.98 Å². The Kier molecular flexibility index (Phi) is 3.61. The Morgan fingerprint density at radius 2 is 2.45 bits per heavy atom. The summed E-state index contributed by atoms with van der Waals surface area (Å²) >= 11 is 0. The van der Waals surface area contributed by atoms with Crippen molar-refractivity contribution in [2.24, 2.45) is 0 Å². The van der Waals surface area contributed by atoms with Crippen LogP contribution in [0.1, 0.15) is 18.5 Å². The van der Waals surface area contributed by atoms with E-state index in [1.165, 1.54) is 0 Å². The van der Waals surface area contributed by atoms with Gasteiger partial charge in [0.2, 0.25) is 17.5 Å². The number of hydrogen-bond donors (Lipinski definition) is 1. The lowest BCUT2D eigenvalue weighted by atomic mass is 10.2. The zero-order valence-corrected chi connectivity index (χ0v) is 10.9. The van der Waals surface area contributed by atoms with Gasteiger partial charge in [-0.15, -0.1) is 0 Å². The molecular weight excluding hydrogens is 256 g/mol. The van der Waals surface area contributed by atoms with Gasteiger partial charge in [-0.1, -0.05) is 0 Å². The Bertz CT molecular complexity index is 612. The van der Waals surface area contributed by atoms with Crippen LogP contribution in [0.2, 0.25) is 0 Å². The number of ether oxygens (including phenoxy) is 1. The summed E-state index contributed by atoms with van der Waals surface area (Å²) < 4.78 is 11.1. The first-order chi connectivity index (χ1) is 9.86. The van der Waals surface area contributed by atoms with E-state index in [9.17, 15) is 0 Å². The van der Waals surface area contributed by atoms with Gasteiger partial charge in [0.05, 0.1) is 11.7 Å². The number of rotatable bonds is 4. The van der Waals surface area contributed by atoms with Gasteiger partial charge in [-0.2, -0.15) is 10.2 Å². The van der Waals surface area contributed by atoms with Crippen molar-refractivity contribution in [3.63, 3.8) is 0 Å². The van der Waals surface area contributed by atoms with Crippen LogP contribution in [0.4, 0.5) is 5.88 Å². The van der Waals surface area contributed by atoms with Crippen molar-refractivity contribution in [3.8, 4) is 17.5 Å². The minimum absolute atomic E-state index is 0.175. The van der Waals surface area contributed by atoms with Gasteiger partial charge in [0.15, 0.2) is 0 Å². The molecule has 1 aliphatic heterocycles. The van der Waals surface area contributed by atoms with Crippen molar-refractivity contribution in [3.05, 3.63) is 30.2 Å². The van der Waals surface area contributed by atoms with Crippen LogP contribution in [0, 0.1) is 11.3 Å². The molecule has 2 aromatic heterocycles. The van der Waals surface area contributed by atoms with Crippen LogP contribution in [0.5, 0.6) is 0 Å². The van der Waals surface area contributed by atoms with Gasteiger partial charge >= 0.3 is 0 Å². The molecule has 0 saturated carbocycles. The molecule has 0 spiro atoms. The third-order valence-corrected chi connectivity index (χ3v) is 3.16. The molecule has 20 heavy (non-hydrogen) atoms. The lowest BCUT2D eigenvalue weighted by Gasteiger charge is -2.09. The van der Waals surface area contributed by atoms with E-state index in [2.05, 4.69) is 15.3 Å². The van der Waals surface area contributed by atoms with Crippen molar-refractivity contribution in [2.45, 2.75) is 18.9 Å². The second-order valence-electron chi connectivity index (χ2n) is 4.57. The van der Waals surface area contributed by atoms with E-state index >= 15 is 0 Å². The SMILES string of the molecule is N#Cc1nc(-c2cccnc2)oc1NC[C@H]1CCCO1. The fourth-order valence-electron chi connectivity index (χ4n) is 2.14. The molecule has 0 aliphatic carbocycles. The summed E-state index contributed by atoms with van der Waals surface area (Å²) in [7, 11) is 0. The average molecular weight is 270 g/mol. The van der Waals surface area contributed by atoms with Gasteiger partial charge in [0.25, 0.3) is 0 Å². The van der Waals surface area contributed by atoms with E-state index in [-0.39, 0.29) is 11.8 Å². The molecule has 3 heterocycles. The summed E-state index contributed by atoms with van der Waals surface area (Å²) in [6.07, 6.45) is 5.60. The molecule has 0 aromatic carbocycles. The number of nitrogens with zero attached hydrogens (tertiary/aromatic N) is 3. The number of oxazole rings is 1. The Hall–Kier alpha value is -2.39. The molecule has 1 atom stereocenters. The molecule has 0 unspecified atom stereocenters. The molecule has 1 fully saturated rings. The Morgan fingerprint density at radius 1 is 1.50 bits per heavy atom. The summed E-state index contributed by atoms with van der Waals surface area (Å²) in [6.45, 7) is 1.42. The number of nitrogens with one attached hydrogen (secondary N) is 1. The molecular formula is C14H14N4O2. The summed E-state index contributed by atoms with van der Waals surface area (Å²) in [4.78, 5) is 8.18. The van der Waals surface area contributed by atoms with Crippen LogP contribution >= 0.6 is 0 Å². The number of pyridine rings is 1. The second-order valence-corrected chi connectivity index (χ2v) is 4.57. The lowest BCUT2D eigenvalue weighted by Crippen LogP contribution is -2.18. The third kappa shape index (κ3) is 2.63. The minimum Gasteiger partial charge on any atom is -0.419 e. The molecule has 6 nitrogen and oxygen atoms in total. The van der Waals surface area contributed by atoms with Crippen LogP contribution < -0.4 is 5.32 Å². The van der Waals surface area contributed by atoms with Gasteiger partial charge < -0.3 is 14.5 Å². The van der Waals surface area contributed by atoms with E-state index in [1.807, 2.05) is 12.1 Å². The molecule has 1 N–H and O–H groups in total. The van der Waals surface area contributed by atoms with Crippen molar-refractivity contribution in [2.75, 3.05) is 18.5 Å². The molecule has 2 aromatic rings. The van der Waals surface area contributed by atoms with Crippen LogP contribution in [-0.2, 0) is 4.74 Å². The highest BCUT2D eigenvalue weighted by Gasteiger charge is 2.18. The summed E-state index contributed by atoms with van der Waals surface area (Å²) in [5.41, 5.74) is 0.996. The maximum absolute atomic E-state index is 9.11. The molecule has 3 rings (SSSR count). The maximum atomic E-state index is 9.11. The normalized spacial score (nSPS) is 17.9. The van der Waals surface area contributed by atoms with E-state index < -0.39 is 0 Å². The highest BCUT2D eigenvalue weighted by atomic mass is 16.5. The number of aromatic nitrogens is 2. The van der Waals surface area contributed by atoms with Gasteiger partial charge in [0, 0.05) is 25.5 Å². The van der Waals surface area contributed by atoms with Gasteiger partial charge in [-0.25, -0.2) is 0 Å². The van der Waals surface area contributed by atoms with Crippen LogP contribution in [0.15, 0.2) is 28.9 Å². The van der Waals surface area contributed by atoms with E-state index in [1.54, 1.807) is 18.5 Å². The van der Waals surface area contributed by atoms with E-state index in [0.29, 0.717) is 18.3 Å². The molecule has 1 aliphatic rings. The topological polar surface area (TPSA) is 84.0 Å². The highest BCUT2D eigenvalue weighted by Crippen LogP contribution is 2.25. The minimum atomic E-state index is 0.175. The second kappa shape index (κ2) is 5.72. The van der Waals surface area contributed by atoms with Crippen molar-refractivity contribution in [1.29, 1.82) is 5.26 Å². The number of nitriles is 1. The first-order valence-electron chi connectivity index (χ1n) is 6.53. The summed E-state index contributed by atoms with van der Waals surface area (Å²) in [5.74, 6) is 0.784. The fraction of sp³-hybridized carbons (Fsp3) is 0.357. The van der Waals surface area contributed by atoms with Crippen LogP contribution in [0.25, 0.3) is 11.5 Å². The molecule has 6 heteroatoms. The zero-order chi connectivity index (χ0) is 13.8. The predicted octanol–water partition coefficient (Wildman–Crippen LogP) is 2.20. The molecule has 1 saturated heterocycles. The third-order valence-electron chi connectivity index (χ3n) is 3.16. The fourth-order valence-corrected chi connectivity index (χ4v) is 2.14. The molecule has 0 bridgehead atoms. The van der Waals surface area contributed by atoms with Crippen molar-refractivity contribution in [1.82, 2.24) is 9.97 Å².